The molecule has 39 heavy (non-hydrogen) atoms. The minimum Gasteiger partial charge on any atom is -0.463 e. The van der Waals surface area contributed by atoms with Crippen LogP contribution in [0.25, 0.3) is 0 Å². The van der Waals surface area contributed by atoms with E-state index in [1.165, 1.54) is 13.8 Å². The molecule has 14 heteroatoms. The highest BCUT2D eigenvalue weighted by Gasteiger charge is 2.61. The Labute approximate surface area is 227 Å². The molecule has 2 aliphatic heterocycles. The minimum absolute atomic E-state index is 0.181. The molecule has 0 aromatic rings. The van der Waals surface area contributed by atoms with E-state index in [1.54, 1.807) is 20.8 Å². The molecule has 0 aromatic carbocycles. The van der Waals surface area contributed by atoms with E-state index in [2.05, 4.69) is 10.6 Å². The summed E-state index contributed by atoms with van der Waals surface area (Å²) in [6.07, 6.45) is -4.31. The number of aliphatic hydroxyl groups is 1. The molecule has 1 spiro atoms. The Morgan fingerprint density at radius 1 is 0.974 bits per heavy atom. The zero-order chi connectivity index (χ0) is 29.5. The fourth-order valence-corrected chi connectivity index (χ4v) is 4.69. The van der Waals surface area contributed by atoms with Crippen LogP contribution in [0.4, 0.5) is 4.79 Å². The van der Waals surface area contributed by atoms with Crippen molar-refractivity contribution in [1.29, 1.82) is 0 Å². The Balaban J connectivity index is 2.50. The van der Waals surface area contributed by atoms with Gasteiger partial charge in [-0.3, -0.25) is 19.2 Å². The molecular formula is C25H40N2O12. The summed E-state index contributed by atoms with van der Waals surface area (Å²) in [4.78, 5) is 60.4. The van der Waals surface area contributed by atoms with Gasteiger partial charge < -0.3 is 44.2 Å². The van der Waals surface area contributed by atoms with Gasteiger partial charge in [0.2, 0.25) is 5.91 Å². The third-order valence-electron chi connectivity index (χ3n) is 5.97. The Morgan fingerprint density at radius 3 is 2.10 bits per heavy atom. The highest BCUT2D eigenvalue weighted by atomic mass is 16.7. The number of carbonyl (C=O) groups is 5. The van der Waals surface area contributed by atoms with Gasteiger partial charge in [-0.2, -0.15) is 0 Å². The second-order valence-electron chi connectivity index (χ2n) is 10.6. The molecule has 0 radical (unpaired) electrons. The van der Waals surface area contributed by atoms with Crippen molar-refractivity contribution >= 4 is 29.9 Å². The van der Waals surface area contributed by atoms with Gasteiger partial charge >= 0.3 is 24.0 Å². The van der Waals surface area contributed by atoms with E-state index in [-0.39, 0.29) is 13.0 Å². The zero-order valence-electron chi connectivity index (χ0n) is 23.4. The first-order valence-electron chi connectivity index (χ1n) is 12.8. The van der Waals surface area contributed by atoms with Crippen LogP contribution in [0.3, 0.4) is 0 Å². The van der Waals surface area contributed by atoms with Crippen LogP contribution in [0.5, 0.6) is 0 Å². The molecule has 2 fully saturated rings. The van der Waals surface area contributed by atoms with Crippen LogP contribution in [0.2, 0.25) is 0 Å². The monoisotopic (exact) mass is 560 g/mol. The second kappa shape index (κ2) is 13.4. The Morgan fingerprint density at radius 2 is 1.59 bits per heavy atom. The summed E-state index contributed by atoms with van der Waals surface area (Å²) >= 11 is 0. The molecule has 2 aliphatic rings. The number of rotatable bonds is 8. The lowest BCUT2D eigenvalue weighted by atomic mass is 9.84. The van der Waals surface area contributed by atoms with Gasteiger partial charge in [0.1, 0.15) is 24.4 Å². The summed E-state index contributed by atoms with van der Waals surface area (Å²) in [5.74, 6) is -4.29. The van der Waals surface area contributed by atoms with Crippen molar-refractivity contribution in [3.8, 4) is 0 Å². The summed E-state index contributed by atoms with van der Waals surface area (Å²) in [6.45, 7) is 8.91. The molecular weight excluding hydrogens is 520 g/mol. The number of ether oxygens (including phenoxy) is 6. The highest BCUT2D eigenvalue weighted by Crippen LogP contribution is 2.42. The lowest BCUT2D eigenvalue weighted by Gasteiger charge is -2.54. The second-order valence-corrected chi connectivity index (χ2v) is 10.6. The number of hydrogen-bond donors (Lipinski definition) is 3. The predicted molar refractivity (Wildman–Crippen MR) is 132 cm³/mol. The van der Waals surface area contributed by atoms with Crippen LogP contribution in [0.1, 0.15) is 67.7 Å². The van der Waals surface area contributed by atoms with Crippen molar-refractivity contribution in [2.45, 2.75) is 116 Å². The molecule has 0 bridgehead atoms. The molecule has 222 valence electrons. The van der Waals surface area contributed by atoms with Gasteiger partial charge in [0, 0.05) is 34.1 Å². The fraction of sp³-hybridized carbons (Fsp3) is 0.800. The molecule has 0 saturated carbocycles. The number of alkyl carbamates (subject to hydrolysis) is 1. The smallest absolute Gasteiger partial charge is 0.408 e. The number of nitrogens with one attached hydrogen (secondary N) is 2. The number of carbonyl (C=O) groups excluding carboxylic acids is 5. The number of hydrogen-bond acceptors (Lipinski definition) is 12. The van der Waals surface area contributed by atoms with Gasteiger partial charge in [-0.15, -0.1) is 0 Å². The quantitative estimate of drug-likeness (QED) is 0.276. The molecule has 0 aromatic heterocycles. The lowest BCUT2D eigenvalue weighted by molar-refractivity contribution is -0.363. The largest absolute Gasteiger partial charge is 0.463 e. The van der Waals surface area contributed by atoms with Gasteiger partial charge in [0.05, 0.1) is 18.8 Å². The number of amides is 2. The van der Waals surface area contributed by atoms with Crippen molar-refractivity contribution in [3.05, 3.63) is 0 Å². The summed E-state index contributed by atoms with van der Waals surface area (Å²) < 4.78 is 34.1. The van der Waals surface area contributed by atoms with Gasteiger partial charge in [-0.25, -0.2) is 4.79 Å². The Kier molecular flexibility index (Phi) is 11.1. The number of esters is 3. The molecule has 2 heterocycles. The van der Waals surface area contributed by atoms with E-state index < -0.39 is 84.4 Å². The molecule has 14 nitrogen and oxygen atoms in total. The van der Waals surface area contributed by atoms with Crippen LogP contribution in [-0.2, 0) is 47.6 Å². The zero-order valence-corrected chi connectivity index (χ0v) is 23.4. The normalized spacial score (nSPS) is 29.5. The fourth-order valence-electron chi connectivity index (χ4n) is 4.69. The summed E-state index contributed by atoms with van der Waals surface area (Å²) in [6, 6.07) is -2.11. The van der Waals surface area contributed by atoms with Crippen molar-refractivity contribution in [1.82, 2.24) is 10.6 Å². The average Bonchev–Trinajstić information content (AvgIpc) is 2.78. The van der Waals surface area contributed by atoms with E-state index in [9.17, 15) is 29.1 Å². The van der Waals surface area contributed by atoms with Crippen molar-refractivity contribution in [2.75, 3.05) is 13.2 Å². The van der Waals surface area contributed by atoms with Gasteiger partial charge in [-0.05, 0) is 33.6 Å². The molecule has 3 N–H and O–H groups in total. The minimum atomic E-state index is -1.68. The third kappa shape index (κ3) is 9.32. The van der Waals surface area contributed by atoms with Crippen molar-refractivity contribution in [2.24, 2.45) is 0 Å². The highest BCUT2D eigenvalue weighted by molar-refractivity contribution is 5.74. The first-order chi connectivity index (χ1) is 18.1. The molecule has 2 amide bonds. The topological polar surface area (TPSA) is 185 Å². The van der Waals surface area contributed by atoms with E-state index in [0.717, 1.165) is 13.8 Å². The third-order valence-corrected chi connectivity index (χ3v) is 5.97. The van der Waals surface area contributed by atoms with Gasteiger partial charge in [0.15, 0.2) is 18.0 Å². The molecule has 0 aliphatic carbocycles. The van der Waals surface area contributed by atoms with Crippen LogP contribution in [0.15, 0.2) is 0 Å². The van der Waals surface area contributed by atoms with Crippen LogP contribution >= 0.6 is 0 Å². The molecule has 7 atom stereocenters. The molecule has 2 rings (SSSR count). The Hall–Kier alpha value is -2.97. The standard InChI is InChI=1S/C25H40N2O12/c1-13(29)26-22-21(36-16(4)32)20(35-15(3)31)19(12-34-14(2)30)38-25(22)10-8-9-18(37-25)17(11-28)27-23(33)39-24(5,6)7/h17-22,28H,8-12H2,1-7H3,(H,26,29)(H,27,33)/t17-,18+,19-,20+,21+,22-,25+/m1/s1. The maximum Gasteiger partial charge on any atom is 0.408 e. The molecule has 2 saturated heterocycles. The average molecular weight is 561 g/mol. The van der Waals surface area contributed by atoms with Crippen LogP contribution in [-0.4, -0.2) is 96.1 Å². The van der Waals surface area contributed by atoms with Crippen LogP contribution < -0.4 is 10.6 Å². The van der Waals surface area contributed by atoms with E-state index in [4.69, 9.17) is 28.4 Å². The molecule has 0 unspecified atom stereocenters. The van der Waals surface area contributed by atoms with Crippen LogP contribution in [0, 0.1) is 0 Å². The van der Waals surface area contributed by atoms with E-state index >= 15 is 0 Å². The van der Waals surface area contributed by atoms with Gasteiger partial charge in [0.25, 0.3) is 0 Å². The Bertz CT molecular complexity index is 919. The van der Waals surface area contributed by atoms with Crippen molar-refractivity contribution in [3.63, 3.8) is 0 Å². The summed E-state index contributed by atoms with van der Waals surface area (Å²) in [5.41, 5.74) is -0.783. The van der Waals surface area contributed by atoms with Gasteiger partial charge in [-0.1, -0.05) is 0 Å². The first-order valence-corrected chi connectivity index (χ1v) is 12.8. The summed E-state index contributed by atoms with van der Waals surface area (Å²) in [5, 5.41) is 15.4. The van der Waals surface area contributed by atoms with E-state index in [0.29, 0.717) is 12.8 Å². The lowest BCUT2D eigenvalue weighted by Crippen LogP contribution is -2.74. The predicted octanol–water partition coefficient (Wildman–Crippen LogP) is 0.467. The SMILES string of the molecule is CC(=O)N[C@@H]1[C@@H](OC(C)=O)[C@@H](OC(C)=O)[C@@H](COC(C)=O)O[C@@]12CCC[C@@H]([C@@H](CO)NC(=O)OC(C)(C)C)O2. The summed E-state index contributed by atoms with van der Waals surface area (Å²) in [7, 11) is 0. The first kappa shape index (κ1) is 32.2. The van der Waals surface area contributed by atoms with E-state index in [1.807, 2.05) is 0 Å². The number of aliphatic hydroxyl groups excluding tert-OH is 1. The van der Waals surface area contributed by atoms with Crippen molar-refractivity contribution < 1.29 is 57.5 Å². The maximum absolute atomic E-state index is 12.4. The maximum atomic E-state index is 12.4.